The second kappa shape index (κ2) is 5.97. The van der Waals surface area contributed by atoms with Crippen LogP contribution in [-0.4, -0.2) is 15.8 Å². The fourth-order valence-corrected chi connectivity index (χ4v) is 2.22. The molecule has 0 amide bonds. The highest BCUT2D eigenvalue weighted by Crippen LogP contribution is 2.12. The molecule has 1 heterocycles. The van der Waals surface area contributed by atoms with Gasteiger partial charge >= 0.3 is 0 Å². The molecule has 0 saturated carbocycles. The molecule has 2 aromatic rings. The molecule has 1 unspecified atom stereocenters. The lowest BCUT2D eigenvalue weighted by atomic mass is 10.0. The Morgan fingerprint density at radius 3 is 2.68 bits per heavy atom. The molecular weight excluding hydrogens is 241 g/mol. The van der Waals surface area contributed by atoms with Crippen LogP contribution in [0.3, 0.4) is 0 Å². The summed E-state index contributed by atoms with van der Waals surface area (Å²) >= 11 is 0. The van der Waals surface area contributed by atoms with Crippen molar-refractivity contribution in [2.45, 2.75) is 32.2 Å². The van der Waals surface area contributed by atoms with Crippen LogP contribution >= 0.6 is 0 Å². The van der Waals surface area contributed by atoms with Crippen molar-refractivity contribution in [3.8, 4) is 0 Å². The number of nitrogens with two attached hydrogens (primary N) is 1. The van der Waals surface area contributed by atoms with E-state index in [1.165, 1.54) is 6.07 Å². The minimum Gasteiger partial charge on any atom is -0.327 e. The summed E-state index contributed by atoms with van der Waals surface area (Å²) in [5.74, 6) is -0.183. The Kier molecular flexibility index (Phi) is 4.32. The van der Waals surface area contributed by atoms with Crippen molar-refractivity contribution < 1.29 is 4.39 Å². The summed E-state index contributed by atoms with van der Waals surface area (Å²) in [6, 6.07) is 8.76. The molecule has 4 heteroatoms. The molecule has 2 rings (SSSR count). The van der Waals surface area contributed by atoms with E-state index >= 15 is 0 Å². The zero-order chi connectivity index (χ0) is 13.8. The fraction of sp³-hybridized carbons (Fsp3) is 0.400. The Balaban J connectivity index is 2.03. The van der Waals surface area contributed by atoms with Crippen molar-refractivity contribution in [3.05, 3.63) is 53.1 Å². The van der Waals surface area contributed by atoms with Gasteiger partial charge in [0.1, 0.15) is 5.82 Å². The number of nitrogens with zero attached hydrogens (tertiary/aromatic N) is 2. The van der Waals surface area contributed by atoms with E-state index in [0.717, 1.165) is 17.8 Å². The highest BCUT2D eigenvalue weighted by Gasteiger charge is 2.12. The molecule has 0 aliphatic carbocycles. The number of benzene rings is 1. The molecule has 0 fully saturated rings. The van der Waals surface area contributed by atoms with Gasteiger partial charge in [-0.05, 0) is 30.5 Å². The lowest BCUT2D eigenvalue weighted by Crippen LogP contribution is -2.27. The molecular formula is C15H20FN3. The van der Waals surface area contributed by atoms with Crippen molar-refractivity contribution in [3.63, 3.8) is 0 Å². The molecule has 19 heavy (non-hydrogen) atoms. The van der Waals surface area contributed by atoms with E-state index in [0.29, 0.717) is 18.4 Å². The second-order valence-electron chi connectivity index (χ2n) is 4.86. The number of aromatic nitrogens is 2. The van der Waals surface area contributed by atoms with Crippen molar-refractivity contribution in [2.75, 3.05) is 0 Å². The van der Waals surface area contributed by atoms with Gasteiger partial charge in [-0.2, -0.15) is 5.10 Å². The smallest absolute Gasteiger partial charge is 0.126 e. The first kappa shape index (κ1) is 13.7. The molecule has 1 aromatic carbocycles. The van der Waals surface area contributed by atoms with Crippen molar-refractivity contribution in [2.24, 2.45) is 12.8 Å². The van der Waals surface area contributed by atoms with Gasteiger partial charge in [-0.3, -0.25) is 4.68 Å². The first-order chi connectivity index (χ1) is 9.10. The minimum atomic E-state index is -0.183. The molecule has 102 valence electrons. The summed E-state index contributed by atoms with van der Waals surface area (Å²) < 4.78 is 15.4. The van der Waals surface area contributed by atoms with Crippen molar-refractivity contribution >= 4 is 0 Å². The lowest BCUT2D eigenvalue weighted by molar-refractivity contribution is 0.571. The summed E-state index contributed by atoms with van der Waals surface area (Å²) in [5.41, 5.74) is 8.96. The van der Waals surface area contributed by atoms with E-state index < -0.39 is 0 Å². The van der Waals surface area contributed by atoms with Gasteiger partial charge in [-0.15, -0.1) is 0 Å². The third-order valence-electron chi connectivity index (χ3n) is 3.30. The predicted molar refractivity (Wildman–Crippen MR) is 74.4 cm³/mol. The van der Waals surface area contributed by atoms with Crippen LogP contribution in [0.4, 0.5) is 4.39 Å². The summed E-state index contributed by atoms with van der Waals surface area (Å²) in [7, 11) is 1.92. The number of hydrogen-bond acceptors (Lipinski definition) is 2. The lowest BCUT2D eigenvalue weighted by Gasteiger charge is -2.12. The van der Waals surface area contributed by atoms with Crippen LogP contribution < -0.4 is 5.73 Å². The average molecular weight is 261 g/mol. The Morgan fingerprint density at radius 1 is 1.32 bits per heavy atom. The molecule has 1 atom stereocenters. The van der Waals surface area contributed by atoms with E-state index in [2.05, 4.69) is 18.1 Å². The third kappa shape index (κ3) is 3.41. The standard InChI is InChI=1S/C15H20FN3/c1-3-13-10-14(19(2)18-13)9-12(17)8-11-6-4-5-7-15(11)16/h4-7,10,12H,3,8-9,17H2,1-2H3. The highest BCUT2D eigenvalue weighted by molar-refractivity contribution is 5.19. The summed E-state index contributed by atoms with van der Waals surface area (Å²) in [5, 5.41) is 4.39. The maximum Gasteiger partial charge on any atom is 0.126 e. The van der Waals surface area contributed by atoms with Crippen molar-refractivity contribution in [1.82, 2.24) is 9.78 Å². The van der Waals surface area contributed by atoms with Gasteiger partial charge in [-0.1, -0.05) is 25.1 Å². The first-order valence-electron chi connectivity index (χ1n) is 6.61. The van der Waals surface area contributed by atoms with E-state index in [9.17, 15) is 4.39 Å². The zero-order valence-electron chi connectivity index (χ0n) is 11.4. The van der Waals surface area contributed by atoms with E-state index in [-0.39, 0.29) is 11.9 Å². The number of aryl methyl sites for hydroxylation is 2. The third-order valence-corrected chi connectivity index (χ3v) is 3.30. The van der Waals surface area contributed by atoms with Gasteiger partial charge in [-0.25, -0.2) is 4.39 Å². The van der Waals surface area contributed by atoms with Gasteiger partial charge in [0.05, 0.1) is 5.69 Å². The normalized spacial score (nSPS) is 12.6. The van der Waals surface area contributed by atoms with E-state index in [1.807, 2.05) is 17.8 Å². The quantitative estimate of drug-likeness (QED) is 0.897. The SMILES string of the molecule is CCc1cc(CC(N)Cc2ccccc2F)n(C)n1. The molecule has 0 aliphatic rings. The van der Waals surface area contributed by atoms with Crippen LogP contribution in [0.15, 0.2) is 30.3 Å². The molecule has 0 aliphatic heterocycles. The minimum absolute atomic E-state index is 0.1000. The Morgan fingerprint density at radius 2 is 2.05 bits per heavy atom. The van der Waals surface area contributed by atoms with Crippen molar-refractivity contribution in [1.29, 1.82) is 0 Å². The molecule has 0 saturated heterocycles. The molecule has 0 radical (unpaired) electrons. The van der Waals surface area contributed by atoms with Gasteiger partial charge in [0.2, 0.25) is 0 Å². The second-order valence-corrected chi connectivity index (χ2v) is 4.86. The molecule has 2 N–H and O–H groups in total. The van der Waals surface area contributed by atoms with Gasteiger partial charge < -0.3 is 5.73 Å². The fourth-order valence-electron chi connectivity index (χ4n) is 2.22. The van der Waals surface area contributed by atoms with Gasteiger partial charge in [0.25, 0.3) is 0 Å². The van der Waals surface area contributed by atoms with Crippen LogP contribution in [0, 0.1) is 5.82 Å². The maximum absolute atomic E-state index is 13.6. The average Bonchev–Trinajstić information content (AvgIpc) is 2.73. The number of halogens is 1. The van der Waals surface area contributed by atoms with Gasteiger partial charge in [0, 0.05) is 25.2 Å². The van der Waals surface area contributed by atoms with Crippen LogP contribution in [0.5, 0.6) is 0 Å². The topological polar surface area (TPSA) is 43.8 Å². The number of hydrogen-bond donors (Lipinski definition) is 1. The number of rotatable bonds is 5. The Labute approximate surface area is 113 Å². The van der Waals surface area contributed by atoms with Crippen LogP contribution in [-0.2, 0) is 26.3 Å². The van der Waals surface area contributed by atoms with Crippen LogP contribution in [0.25, 0.3) is 0 Å². The Hall–Kier alpha value is -1.68. The van der Waals surface area contributed by atoms with E-state index in [4.69, 9.17) is 5.73 Å². The summed E-state index contributed by atoms with van der Waals surface area (Å²) in [6.07, 6.45) is 2.16. The molecule has 0 bridgehead atoms. The highest BCUT2D eigenvalue weighted by atomic mass is 19.1. The molecule has 0 spiro atoms. The monoisotopic (exact) mass is 261 g/mol. The largest absolute Gasteiger partial charge is 0.327 e. The Bertz CT molecular complexity index is 548. The first-order valence-corrected chi connectivity index (χ1v) is 6.61. The molecule has 3 nitrogen and oxygen atoms in total. The summed E-state index contributed by atoms with van der Waals surface area (Å²) in [6.45, 7) is 2.07. The zero-order valence-corrected chi connectivity index (χ0v) is 11.4. The predicted octanol–water partition coefficient (Wildman–Crippen LogP) is 2.23. The van der Waals surface area contributed by atoms with E-state index in [1.54, 1.807) is 12.1 Å². The summed E-state index contributed by atoms with van der Waals surface area (Å²) in [4.78, 5) is 0. The van der Waals surface area contributed by atoms with Crippen LogP contribution in [0.2, 0.25) is 0 Å². The maximum atomic E-state index is 13.6. The van der Waals surface area contributed by atoms with Gasteiger partial charge in [0.15, 0.2) is 0 Å². The van der Waals surface area contributed by atoms with Crippen LogP contribution in [0.1, 0.15) is 23.9 Å². The molecule has 1 aromatic heterocycles.